The lowest BCUT2D eigenvalue weighted by atomic mass is 10.2. The maximum atomic E-state index is 12.6. The second kappa shape index (κ2) is 7.65. The van der Waals surface area contributed by atoms with Crippen LogP contribution in [0.5, 0.6) is 5.75 Å². The highest BCUT2D eigenvalue weighted by molar-refractivity contribution is 7.13. The van der Waals surface area contributed by atoms with Crippen molar-refractivity contribution in [2.24, 2.45) is 0 Å². The van der Waals surface area contributed by atoms with Crippen LogP contribution < -0.4 is 15.6 Å². The summed E-state index contributed by atoms with van der Waals surface area (Å²) < 4.78 is 7.68. The minimum absolute atomic E-state index is 0.162. The largest absolute Gasteiger partial charge is 0.497 e. The molecule has 0 saturated carbocycles. The molecule has 4 aromatic rings. The van der Waals surface area contributed by atoms with Gasteiger partial charge in [0.1, 0.15) is 29.8 Å². The summed E-state index contributed by atoms with van der Waals surface area (Å²) in [5.41, 5.74) is 1.65. The minimum atomic E-state index is -0.364. The number of carbonyl (C=O) groups is 1. The van der Waals surface area contributed by atoms with E-state index in [2.05, 4.69) is 15.5 Å². The molecular weight excluding hydrogens is 378 g/mol. The average Bonchev–Trinajstić information content (AvgIpc) is 3.39. The normalized spacial score (nSPS) is 10.9. The summed E-state index contributed by atoms with van der Waals surface area (Å²) in [4.78, 5) is 25.8. The van der Waals surface area contributed by atoms with Crippen molar-refractivity contribution in [1.29, 1.82) is 0 Å². The van der Waals surface area contributed by atoms with Gasteiger partial charge in [-0.15, -0.1) is 11.3 Å². The molecule has 0 saturated heterocycles. The van der Waals surface area contributed by atoms with E-state index in [1.807, 2.05) is 41.8 Å². The van der Waals surface area contributed by atoms with E-state index in [1.165, 1.54) is 10.8 Å². The molecule has 1 aromatic carbocycles. The highest BCUT2D eigenvalue weighted by Gasteiger charge is 2.12. The first-order valence-electron chi connectivity index (χ1n) is 8.53. The van der Waals surface area contributed by atoms with Crippen molar-refractivity contribution in [3.05, 3.63) is 70.1 Å². The summed E-state index contributed by atoms with van der Waals surface area (Å²) in [5, 5.41) is 13.2. The lowest BCUT2D eigenvalue weighted by molar-refractivity contribution is -0.122. The Labute approximate surface area is 164 Å². The van der Waals surface area contributed by atoms with Crippen LogP contribution in [-0.2, 0) is 17.9 Å². The first kappa shape index (κ1) is 17.9. The van der Waals surface area contributed by atoms with Crippen molar-refractivity contribution < 1.29 is 9.53 Å². The number of amides is 1. The van der Waals surface area contributed by atoms with Crippen molar-refractivity contribution in [2.45, 2.75) is 13.1 Å². The average molecular weight is 395 g/mol. The Hall–Kier alpha value is -3.46. The standard InChI is InChI=1S/C19H17N5O3S/c1-27-14-6-4-13(5-7-14)10-20-18(25)11-23-19(26)16-9-15(17-3-2-8-28-17)22-24(16)12-21-23/h2-9,12H,10-11H2,1H3,(H,20,25). The number of ether oxygens (including phenoxy) is 1. The van der Waals surface area contributed by atoms with Gasteiger partial charge >= 0.3 is 0 Å². The Bertz CT molecular complexity index is 1160. The number of benzene rings is 1. The lowest BCUT2D eigenvalue weighted by Gasteiger charge is -2.07. The summed E-state index contributed by atoms with van der Waals surface area (Å²) in [7, 11) is 1.60. The zero-order valence-electron chi connectivity index (χ0n) is 15.0. The molecule has 0 atom stereocenters. The van der Waals surface area contributed by atoms with Crippen LogP contribution in [0.4, 0.5) is 0 Å². The highest BCUT2D eigenvalue weighted by Crippen LogP contribution is 2.23. The maximum absolute atomic E-state index is 12.6. The third-order valence-corrected chi connectivity index (χ3v) is 5.10. The van der Waals surface area contributed by atoms with Crippen LogP contribution in [0.3, 0.4) is 0 Å². The highest BCUT2D eigenvalue weighted by atomic mass is 32.1. The fourth-order valence-electron chi connectivity index (χ4n) is 2.73. The van der Waals surface area contributed by atoms with Gasteiger partial charge in [-0.25, -0.2) is 9.20 Å². The zero-order chi connectivity index (χ0) is 19.5. The van der Waals surface area contributed by atoms with E-state index in [0.29, 0.717) is 17.8 Å². The van der Waals surface area contributed by atoms with Crippen molar-refractivity contribution in [3.63, 3.8) is 0 Å². The van der Waals surface area contributed by atoms with Crippen LogP contribution in [0, 0.1) is 0 Å². The Balaban J connectivity index is 1.47. The monoisotopic (exact) mass is 395 g/mol. The molecule has 1 N–H and O–H groups in total. The third kappa shape index (κ3) is 3.65. The molecule has 8 nitrogen and oxygen atoms in total. The van der Waals surface area contributed by atoms with E-state index >= 15 is 0 Å². The number of rotatable bonds is 6. The molecule has 0 aliphatic carbocycles. The molecule has 9 heteroatoms. The fraction of sp³-hybridized carbons (Fsp3) is 0.158. The van der Waals surface area contributed by atoms with Gasteiger partial charge in [-0.05, 0) is 35.2 Å². The molecule has 0 radical (unpaired) electrons. The predicted octanol–water partition coefficient (Wildman–Crippen LogP) is 1.94. The summed E-state index contributed by atoms with van der Waals surface area (Å²) in [5.74, 6) is 0.453. The van der Waals surface area contributed by atoms with Crippen LogP contribution in [0.1, 0.15) is 5.56 Å². The van der Waals surface area contributed by atoms with E-state index < -0.39 is 0 Å². The smallest absolute Gasteiger partial charge is 0.293 e. The summed E-state index contributed by atoms with van der Waals surface area (Å²) >= 11 is 1.54. The van der Waals surface area contributed by atoms with Crippen LogP contribution >= 0.6 is 11.3 Å². The van der Waals surface area contributed by atoms with E-state index in [-0.39, 0.29) is 18.0 Å². The van der Waals surface area contributed by atoms with E-state index in [1.54, 1.807) is 24.5 Å². The summed E-state index contributed by atoms with van der Waals surface area (Å²) in [6.07, 6.45) is 1.44. The van der Waals surface area contributed by atoms with Crippen molar-refractivity contribution in [3.8, 4) is 16.3 Å². The van der Waals surface area contributed by atoms with Crippen LogP contribution in [-0.4, -0.2) is 32.4 Å². The Morgan fingerprint density at radius 2 is 2.07 bits per heavy atom. The number of fused-ring (bicyclic) bond motifs is 1. The number of nitrogens with zero attached hydrogens (tertiary/aromatic N) is 4. The van der Waals surface area contributed by atoms with E-state index in [9.17, 15) is 9.59 Å². The number of nitrogens with one attached hydrogen (secondary N) is 1. The summed E-state index contributed by atoms with van der Waals surface area (Å²) in [6, 6.07) is 13.0. The molecule has 1 amide bonds. The van der Waals surface area contributed by atoms with Gasteiger partial charge in [0, 0.05) is 6.54 Å². The van der Waals surface area contributed by atoms with E-state index in [4.69, 9.17) is 4.74 Å². The quantitative estimate of drug-likeness (QED) is 0.539. The Morgan fingerprint density at radius 3 is 2.79 bits per heavy atom. The van der Waals surface area contributed by atoms with E-state index in [0.717, 1.165) is 20.9 Å². The molecule has 3 heterocycles. The van der Waals surface area contributed by atoms with Gasteiger partial charge in [0.2, 0.25) is 5.91 Å². The minimum Gasteiger partial charge on any atom is -0.497 e. The van der Waals surface area contributed by atoms with Crippen molar-refractivity contribution >= 4 is 22.8 Å². The topological polar surface area (TPSA) is 90.5 Å². The van der Waals surface area contributed by atoms with Crippen LogP contribution in [0.2, 0.25) is 0 Å². The SMILES string of the molecule is COc1ccc(CNC(=O)Cn2ncn3nc(-c4cccs4)cc3c2=O)cc1. The fourth-order valence-corrected chi connectivity index (χ4v) is 3.41. The predicted molar refractivity (Wildman–Crippen MR) is 105 cm³/mol. The Morgan fingerprint density at radius 1 is 1.25 bits per heavy atom. The molecule has 0 aliphatic rings. The molecule has 28 heavy (non-hydrogen) atoms. The number of thiophene rings is 1. The lowest BCUT2D eigenvalue weighted by Crippen LogP contribution is -2.34. The van der Waals surface area contributed by atoms with Gasteiger partial charge in [-0.1, -0.05) is 18.2 Å². The Kier molecular flexibility index (Phi) is 4.90. The molecule has 0 fully saturated rings. The first-order valence-corrected chi connectivity index (χ1v) is 9.41. The molecule has 4 rings (SSSR count). The van der Waals surface area contributed by atoms with Gasteiger partial charge in [-0.2, -0.15) is 10.2 Å². The second-order valence-electron chi connectivity index (χ2n) is 6.06. The molecule has 0 aliphatic heterocycles. The van der Waals surface area contributed by atoms with Crippen LogP contribution in [0.15, 0.2) is 59.0 Å². The van der Waals surface area contributed by atoms with Gasteiger partial charge in [0.25, 0.3) is 5.56 Å². The second-order valence-corrected chi connectivity index (χ2v) is 7.00. The molecule has 0 unspecified atom stereocenters. The number of hydrogen-bond donors (Lipinski definition) is 1. The van der Waals surface area contributed by atoms with Gasteiger partial charge in [-0.3, -0.25) is 9.59 Å². The number of methoxy groups -OCH3 is 1. The molecule has 0 bridgehead atoms. The number of aromatic nitrogens is 4. The molecule has 3 aromatic heterocycles. The third-order valence-electron chi connectivity index (χ3n) is 4.21. The van der Waals surface area contributed by atoms with Crippen molar-refractivity contribution in [2.75, 3.05) is 7.11 Å². The van der Waals surface area contributed by atoms with Crippen LogP contribution in [0.25, 0.3) is 16.1 Å². The molecule has 142 valence electrons. The molecule has 0 spiro atoms. The van der Waals surface area contributed by atoms with Gasteiger partial charge in [0.15, 0.2) is 0 Å². The number of hydrogen-bond acceptors (Lipinski definition) is 6. The zero-order valence-corrected chi connectivity index (χ0v) is 15.8. The molecular formula is C19H17N5O3S. The van der Waals surface area contributed by atoms with Crippen molar-refractivity contribution in [1.82, 2.24) is 24.7 Å². The van der Waals surface area contributed by atoms with Gasteiger partial charge < -0.3 is 10.1 Å². The van der Waals surface area contributed by atoms with Gasteiger partial charge in [0.05, 0.1) is 12.0 Å². The first-order chi connectivity index (χ1) is 13.6. The summed E-state index contributed by atoms with van der Waals surface area (Å²) in [6.45, 7) is 0.194. The number of carbonyl (C=O) groups excluding carboxylic acids is 1. The maximum Gasteiger partial charge on any atom is 0.293 e.